The topological polar surface area (TPSA) is 74.6 Å². The van der Waals surface area contributed by atoms with Crippen molar-refractivity contribution in [2.45, 2.75) is 90.0 Å². The maximum absolute atomic E-state index is 12.1. The van der Waals surface area contributed by atoms with Crippen LogP contribution in [0.2, 0.25) is 0 Å². The van der Waals surface area contributed by atoms with E-state index in [1.54, 1.807) is 6.07 Å². The minimum atomic E-state index is -4.01. The van der Waals surface area contributed by atoms with Gasteiger partial charge in [-0.3, -0.25) is 0 Å². The molecule has 4 rings (SSSR count). The Bertz CT molecular complexity index is 1800. The van der Waals surface area contributed by atoms with E-state index in [1.165, 1.54) is 24.0 Å². The average Bonchev–Trinajstić information content (AvgIpc) is 3.07. The summed E-state index contributed by atoms with van der Waals surface area (Å²) in [5, 5.41) is 12.7. The lowest BCUT2D eigenvalue weighted by atomic mass is 9.81. The number of aromatic carboxylic acids is 2. The van der Waals surface area contributed by atoms with Crippen molar-refractivity contribution >= 4 is 17.5 Å². The normalized spacial score (nSPS) is 36.9. The SMILES string of the molecule is CCc1cc(C(=O)O)ccc1C1=CCCCC1.[2H]OC(=O)c1c([2H])c([2H])c(C2([2H])C([2H])C([2H])([2H])C([2H])([2H])C([2H])([2H])C2([2H])[2H])c(C([2H])([2H])C([2H])([2H])[2H])c1[2H]. The van der Waals surface area contributed by atoms with E-state index in [9.17, 15) is 9.59 Å². The Kier molecular flexibility index (Phi) is 3.83. The number of hydrogen-bond acceptors (Lipinski definition) is 3. The van der Waals surface area contributed by atoms with Crippen molar-refractivity contribution in [1.29, 1.82) is 1.43 Å². The second kappa shape index (κ2) is 12.5. The highest BCUT2D eigenvalue weighted by Crippen LogP contribution is 2.35. The maximum Gasteiger partial charge on any atom is 0.335 e. The molecular formula is C30H38O4. The minimum Gasteiger partial charge on any atom is -0.478 e. The Balaban J connectivity index is 0.000000368. The van der Waals surface area contributed by atoms with E-state index in [4.69, 9.17) is 31.2 Å². The first kappa shape index (κ1) is 10.4. The van der Waals surface area contributed by atoms with Crippen molar-refractivity contribution < 1.29 is 44.5 Å². The van der Waals surface area contributed by atoms with Gasteiger partial charge in [0.1, 0.15) is 0 Å². The van der Waals surface area contributed by atoms with Crippen molar-refractivity contribution in [3.63, 3.8) is 0 Å². The molecule has 0 heterocycles. The zero-order chi connectivity index (χ0) is 41.1. The summed E-state index contributed by atoms with van der Waals surface area (Å²) >= 11 is 0. The molecule has 0 radical (unpaired) electrons. The van der Waals surface area contributed by atoms with Crippen LogP contribution in [-0.4, -0.2) is 22.2 Å². The van der Waals surface area contributed by atoms with Gasteiger partial charge in [0, 0.05) is 20.6 Å². The van der Waals surface area contributed by atoms with Gasteiger partial charge in [0.2, 0.25) is 0 Å². The predicted molar refractivity (Wildman–Crippen MR) is 138 cm³/mol. The van der Waals surface area contributed by atoms with Gasteiger partial charge in [0.05, 0.1) is 15.2 Å². The van der Waals surface area contributed by atoms with Crippen molar-refractivity contribution in [3.8, 4) is 0 Å². The number of carbonyl (C=O) groups is 2. The Morgan fingerprint density at radius 2 is 2.09 bits per heavy atom. The quantitative estimate of drug-likeness (QED) is 0.440. The number of carboxylic acids is 2. The van der Waals surface area contributed by atoms with E-state index < -0.39 is 97.8 Å². The molecule has 1 saturated carbocycles. The van der Waals surface area contributed by atoms with Gasteiger partial charge in [-0.1, -0.05) is 51.1 Å². The zero-order valence-electron chi connectivity index (χ0n) is 37.6. The Morgan fingerprint density at radius 1 is 1.21 bits per heavy atom. The molecule has 1 fully saturated rings. The van der Waals surface area contributed by atoms with E-state index >= 15 is 0 Å². The summed E-state index contributed by atoms with van der Waals surface area (Å²) in [4.78, 5) is 23.0. The summed E-state index contributed by atoms with van der Waals surface area (Å²) in [6.07, 6.45) is -14.3. The van der Waals surface area contributed by atoms with Crippen LogP contribution in [0, 0.1) is 0 Å². The number of benzene rings is 2. The summed E-state index contributed by atoms with van der Waals surface area (Å²) < 4.78 is 152. The van der Waals surface area contributed by atoms with Crippen LogP contribution in [0.1, 0.15) is 145 Å². The van der Waals surface area contributed by atoms with E-state index in [-0.39, 0.29) is 0 Å². The Hall–Kier alpha value is -2.88. The fourth-order valence-corrected chi connectivity index (χ4v) is 3.63. The molecule has 0 spiro atoms. The summed E-state index contributed by atoms with van der Waals surface area (Å²) in [5.74, 6) is -6.50. The summed E-state index contributed by atoms with van der Waals surface area (Å²) in [6.45, 7) is -1.69. The van der Waals surface area contributed by atoms with E-state index in [2.05, 4.69) is 18.1 Å². The molecule has 2 aromatic rings. The van der Waals surface area contributed by atoms with Gasteiger partial charge in [-0.15, -0.1) is 0 Å². The molecule has 2 atom stereocenters. The third-order valence-electron chi connectivity index (χ3n) is 5.33. The van der Waals surface area contributed by atoms with Crippen LogP contribution in [0.4, 0.5) is 0 Å². The molecule has 2 aliphatic rings. The third kappa shape index (κ3) is 6.59. The van der Waals surface area contributed by atoms with Crippen LogP contribution < -0.4 is 0 Å². The molecule has 0 aliphatic heterocycles. The summed E-state index contributed by atoms with van der Waals surface area (Å²) in [6, 6.07) is 1.05. The second-order valence-corrected chi connectivity index (χ2v) is 7.50. The number of hydrogen-bond donors (Lipinski definition) is 2. The lowest BCUT2D eigenvalue weighted by Gasteiger charge is -2.24. The van der Waals surface area contributed by atoms with E-state index in [0.717, 1.165) is 24.8 Å². The maximum atomic E-state index is 12.1. The van der Waals surface area contributed by atoms with Crippen molar-refractivity contribution in [2.75, 3.05) is 0 Å². The van der Waals surface area contributed by atoms with Crippen LogP contribution in [0.25, 0.3) is 7.00 Å². The molecular weight excluding hydrogens is 424 g/mol. The zero-order valence-corrected chi connectivity index (χ0v) is 18.6. The fourth-order valence-electron chi connectivity index (χ4n) is 3.63. The molecule has 182 valence electrons. The Morgan fingerprint density at radius 3 is 2.79 bits per heavy atom. The fraction of sp³-hybridized carbons (Fsp3) is 0.467. The highest BCUT2D eigenvalue weighted by atomic mass is 16.4. The molecule has 2 N–H and O–H groups in total. The summed E-state index contributed by atoms with van der Waals surface area (Å²) in [7, 11) is 0. The van der Waals surface area contributed by atoms with Crippen LogP contribution in [-0.2, 0) is 12.8 Å². The number of carboxylic acid groups (broad SMARTS) is 2. The molecule has 0 aromatic heterocycles. The molecule has 2 aliphatic carbocycles. The van der Waals surface area contributed by atoms with Gasteiger partial charge in [0.15, 0.2) is 0 Å². The van der Waals surface area contributed by atoms with Gasteiger partial charge in [-0.25, -0.2) is 9.59 Å². The molecule has 2 unspecified atom stereocenters. The van der Waals surface area contributed by atoms with Gasteiger partial charge in [-0.05, 0) is 109 Å². The first-order valence-corrected chi connectivity index (χ1v) is 10.8. The molecule has 0 saturated heterocycles. The third-order valence-corrected chi connectivity index (χ3v) is 5.33. The van der Waals surface area contributed by atoms with Crippen molar-refractivity contribution in [2.24, 2.45) is 0 Å². The van der Waals surface area contributed by atoms with Crippen molar-refractivity contribution in [3.05, 3.63) is 75.8 Å². The number of aryl methyl sites for hydroxylation is 1. The largest absolute Gasteiger partial charge is 0.478 e. The van der Waals surface area contributed by atoms with Gasteiger partial charge >= 0.3 is 11.9 Å². The summed E-state index contributed by atoms with van der Waals surface area (Å²) in [5.41, 5.74) is -0.338. The highest BCUT2D eigenvalue weighted by Gasteiger charge is 2.19. The smallest absolute Gasteiger partial charge is 0.335 e. The standard InChI is InChI=1S/C15H20O2.C15H18O2/c2*1-2-11-10-13(15(16)17)8-9-14(11)12-6-4-3-5-7-12/h8-10,12H,2-7H2,1H3,(H,16,17);6,8-10H,2-5,7H2,1H3,(H,16,17)/i1D3,2D2,3D2,4D2,5D2,6D,7D2,8D,9D,10D,12D;/hD. The lowest BCUT2D eigenvalue weighted by Crippen LogP contribution is -2.08. The van der Waals surface area contributed by atoms with Crippen molar-refractivity contribution in [1.82, 2.24) is 0 Å². The molecule has 2 aromatic carbocycles. The monoisotopic (exact) mass is 481 g/mol. The van der Waals surface area contributed by atoms with Crippen LogP contribution in [0.5, 0.6) is 0 Å². The minimum absolute atomic E-state index is 0.391. The molecule has 0 amide bonds. The molecule has 4 nitrogen and oxygen atoms in total. The number of allylic oxidation sites excluding steroid dienone is 2. The lowest BCUT2D eigenvalue weighted by molar-refractivity contribution is 0.0686. The molecule has 4 heteroatoms. The Labute approximate surface area is 230 Å². The first-order valence-electron chi connectivity index (χ1n) is 20.2. The molecule has 34 heavy (non-hydrogen) atoms. The number of rotatable bonds is 6. The second-order valence-electron chi connectivity index (χ2n) is 7.50. The first-order chi connectivity index (χ1) is 24.0. The highest BCUT2D eigenvalue weighted by molar-refractivity contribution is 5.89. The average molecular weight is 482 g/mol. The molecule has 0 bridgehead atoms. The predicted octanol–water partition coefficient (Wildman–Crippen LogP) is 7.90. The van der Waals surface area contributed by atoms with Crippen LogP contribution >= 0.6 is 0 Å². The van der Waals surface area contributed by atoms with Gasteiger partial charge in [-0.2, -0.15) is 0 Å². The van der Waals surface area contributed by atoms with Gasteiger partial charge < -0.3 is 10.2 Å². The van der Waals surface area contributed by atoms with Crippen LogP contribution in [0.3, 0.4) is 0 Å². The van der Waals surface area contributed by atoms with Crippen LogP contribution in [0.15, 0.2) is 42.4 Å². The van der Waals surface area contributed by atoms with E-state index in [0.29, 0.717) is 5.56 Å². The van der Waals surface area contributed by atoms with Gasteiger partial charge in [0.25, 0.3) is 1.43 Å². The van der Waals surface area contributed by atoms with E-state index in [1.807, 2.05) is 12.1 Å².